The van der Waals surface area contributed by atoms with Gasteiger partial charge in [-0.2, -0.15) is 13.2 Å². The Bertz CT molecular complexity index is 525. The molecular formula is C17H23F3N2O. The van der Waals surface area contributed by atoms with Crippen molar-refractivity contribution < 1.29 is 18.0 Å². The third kappa shape index (κ3) is 5.44. The van der Waals surface area contributed by atoms with Crippen LogP contribution in [0.25, 0.3) is 0 Å². The van der Waals surface area contributed by atoms with E-state index in [0.29, 0.717) is 18.0 Å². The first kappa shape index (κ1) is 17.6. The summed E-state index contributed by atoms with van der Waals surface area (Å²) in [5, 5.41) is 2.69. The van der Waals surface area contributed by atoms with Gasteiger partial charge in [-0.15, -0.1) is 0 Å². The van der Waals surface area contributed by atoms with Gasteiger partial charge in [0.05, 0.1) is 5.56 Å². The number of amides is 2. The minimum absolute atomic E-state index is 0.0950. The molecule has 6 heteroatoms. The zero-order chi connectivity index (χ0) is 16.9. The lowest BCUT2D eigenvalue weighted by molar-refractivity contribution is -0.137. The molecule has 1 aliphatic rings. The molecule has 0 aromatic heterocycles. The summed E-state index contributed by atoms with van der Waals surface area (Å²) >= 11 is 0. The summed E-state index contributed by atoms with van der Waals surface area (Å²) in [7, 11) is 1.73. The van der Waals surface area contributed by atoms with E-state index in [0.717, 1.165) is 25.0 Å². The highest BCUT2D eigenvalue weighted by Gasteiger charge is 2.30. The van der Waals surface area contributed by atoms with Gasteiger partial charge in [0, 0.05) is 20.1 Å². The number of urea groups is 1. The number of carbonyl (C=O) groups excluding carboxylic acids is 1. The van der Waals surface area contributed by atoms with E-state index in [1.807, 2.05) is 0 Å². The van der Waals surface area contributed by atoms with Gasteiger partial charge >= 0.3 is 12.2 Å². The molecule has 0 heterocycles. The maximum atomic E-state index is 12.7. The number of hydrogen-bond acceptors (Lipinski definition) is 1. The van der Waals surface area contributed by atoms with E-state index < -0.39 is 11.7 Å². The SMILES string of the molecule is CN(CC1CCCCC1)C(=O)NCc1cccc(C(F)(F)F)c1. The molecule has 0 bridgehead atoms. The van der Waals surface area contributed by atoms with Crippen LogP contribution >= 0.6 is 0 Å². The Kier molecular flexibility index (Phi) is 5.91. The van der Waals surface area contributed by atoms with Crippen LogP contribution in [0.5, 0.6) is 0 Å². The Morgan fingerprint density at radius 1 is 1.26 bits per heavy atom. The third-order valence-electron chi connectivity index (χ3n) is 4.30. The Morgan fingerprint density at radius 3 is 2.61 bits per heavy atom. The normalized spacial score (nSPS) is 16.2. The van der Waals surface area contributed by atoms with Crippen molar-refractivity contribution in [1.29, 1.82) is 0 Å². The van der Waals surface area contributed by atoms with E-state index in [9.17, 15) is 18.0 Å². The van der Waals surface area contributed by atoms with Crippen molar-refractivity contribution in [2.75, 3.05) is 13.6 Å². The van der Waals surface area contributed by atoms with E-state index in [1.165, 1.54) is 25.3 Å². The van der Waals surface area contributed by atoms with Crippen molar-refractivity contribution >= 4 is 6.03 Å². The zero-order valence-electron chi connectivity index (χ0n) is 13.3. The fraction of sp³-hybridized carbons (Fsp3) is 0.588. The van der Waals surface area contributed by atoms with Crippen molar-refractivity contribution in [1.82, 2.24) is 10.2 Å². The summed E-state index contributed by atoms with van der Waals surface area (Å²) in [6, 6.07) is 4.79. The molecule has 3 nitrogen and oxygen atoms in total. The minimum Gasteiger partial charge on any atom is -0.334 e. The fourth-order valence-corrected chi connectivity index (χ4v) is 3.01. The molecule has 23 heavy (non-hydrogen) atoms. The first-order chi connectivity index (χ1) is 10.9. The average molecular weight is 328 g/mol. The molecule has 0 radical (unpaired) electrons. The first-order valence-corrected chi connectivity index (χ1v) is 8.01. The number of hydrogen-bond donors (Lipinski definition) is 1. The molecule has 1 aromatic rings. The maximum absolute atomic E-state index is 12.7. The topological polar surface area (TPSA) is 32.3 Å². The second-order valence-electron chi connectivity index (χ2n) is 6.24. The Balaban J connectivity index is 1.83. The Morgan fingerprint density at radius 2 is 1.96 bits per heavy atom. The lowest BCUT2D eigenvalue weighted by atomic mass is 9.89. The van der Waals surface area contributed by atoms with Crippen LogP contribution in [0, 0.1) is 5.92 Å². The summed E-state index contributed by atoms with van der Waals surface area (Å²) in [6.07, 6.45) is 1.62. The lowest BCUT2D eigenvalue weighted by Crippen LogP contribution is -2.39. The summed E-state index contributed by atoms with van der Waals surface area (Å²) in [5.41, 5.74) is -0.251. The number of rotatable bonds is 4. The van der Waals surface area contributed by atoms with E-state index in [1.54, 1.807) is 18.0 Å². The van der Waals surface area contributed by atoms with Crippen molar-refractivity contribution in [2.24, 2.45) is 5.92 Å². The van der Waals surface area contributed by atoms with E-state index in [2.05, 4.69) is 5.32 Å². The molecule has 2 amide bonds. The Labute approximate surface area is 134 Å². The average Bonchev–Trinajstić information content (AvgIpc) is 2.53. The van der Waals surface area contributed by atoms with Crippen molar-refractivity contribution in [3.05, 3.63) is 35.4 Å². The number of carbonyl (C=O) groups is 1. The summed E-state index contributed by atoms with van der Waals surface area (Å²) in [5.74, 6) is 0.535. The van der Waals surface area contributed by atoms with Crippen LogP contribution in [0.2, 0.25) is 0 Å². The lowest BCUT2D eigenvalue weighted by Gasteiger charge is -2.27. The van der Waals surface area contributed by atoms with Gasteiger partial charge in [0.25, 0.3) is 0 Å². The van der Waals surface area contributed by atoms with E-state index >= 15 is 0 Å². The quantitative estimate of drug-likeness (QED) is 0.871. The predicted molar refractivity (Wildman–Crippen MR) is 82.9 cm³/mol. The smallest absolute Gasteiger partial charge is 0.334 e. The van der Waals surface area contributed by atoms with Crippen LogP contribution in [0.3, 0.4) is 0 Å². The minimum atomic E-state index is -4.36. The zero-order valence-corrected chi connectivity index (χ0v) is 13.3. The molecule has 1 N–H and O–H groups in total. The van der Waals surface area contributed by atoms with Gasteiger partial charge in [0.2, 0.25) is 0 Å². The first-order valence-electron chi connectivity index (χ1n) is 8.01. The van der Waals surface area contributed by atoms with Crippen LogP contribution in [-0.2, 0) is 12.7 Å². The van der Waals surface area contributed by atoms with Crippen molar-refractivity contribution in [2.45, 2.75) is 44.8 Å². The van der Waals surface area contributed by atoms with Crippen LogP contribution in [0.15, 0.2) is 24.3 Å². The van der Waals surface area contributed by atoms with Crippen LogP contribution < -0.4 is 5.32 Å². The second kappa shape index (κ2) is 7.70. The number of nitrogens with zero attached hydrogens (tertiary/aromatic N) is 1. The van der Waals surface area contributed by atoms with Crippen LogP contribution in [-0.4, -0.2) is 24.5 Å². The van der Waals surface area contributed by atoms with Crippen molar-refractivity contribution in [3.63, 3.8) is 0 Å². The molecule has 1 saturated carbocycles. The highest BCUT2D eigenvalue weighted by Crippen LogP contribution is 2.29. The maximum Gasteiger partial charge on any atom is 0.416 e. The Hall–Kier alpha value is -1.72. The molecule has 1 fully saturated rings. The van der Waals surface area contributed by atoms with E-state index in [-0.39, 0.29) is 12.6 Å². The van der Waals surface area contributed by atoms with Crippen LogP contribution in [0.1, 0.15) is 43.2 Å². The molecule has 0 saturated heterocycles. The van der Waals surface area contributed by atoms with E-state index in [4.69, 9.17) is 0 Å². The van der Waals surface area contributed by atoms with Gasteiger partial charge in [0.1, 0.15) is 0 Å². The second-order valence-corrected chi connectivity index (χ2v) is 6.24. The number of alkyl halides is 3. The summed E-state index contributed by atoms with van der Waals surface area (Å²) in [6.45, 7) is 0.798. The molecule has 0 aliphatic heterocycles. The predicted octanol–water partition coefficient (Wildman–Crippen LogP) is 4.43. The molecule has 0 unspecified atom stereocenters. The third-order valence-corrected chi connectivity index (χ3v) is 4.30. The molecule has 1 aliphatic carbocycles. The monoisotopic (exact) mass is 328 g/mol. The highest BCUT2D eigenvalue weighted by atomic mass is 19.4. The molecule has 2 rings (SSSR count). The molecule has 128 valence electrons. The van der Waals surface area contributed by atoms with Gasteiger partial charge in [-0.1, -0.05) is 31.4 Å². The number of halogens is 3. The van der Waals surface area contributed by atoms with Gasteiger partial charge in [-0.25, -0.2) is 4.79 Å². The molecular weight excluding hydrogens is 305 g/mol. The largest absolute Gasteiger partial charge is 0.416 e. The van der Waals surface area contributed by atoms with Gasteiger partial charge in [-0.05, 0) is 36.5 Å². The summed E-state index contributed by atoms with van der Waals surface area (Å²) in [4.78, 5) is 13.7. The molecule has 0 spiro atoms. The fourth-order valence-electron chi connectivity index (χ4n) is 3.01. The molecule has 0 atom stereocenters. The number of benzene rings is 1. The standard InChI is InChI=1S/C17H23F3N2O/c1-22(12-13-6-3-2-4-7-13)16(23)21-11-14-8-5-9-15(10-14)17(18,19)20/h5,8-10,13H,2-4,6-7,11-12H2,1H3,(H,21,23). The van der Waals surface area contributed by atoms with Crippen molar-refractivity contribution in [3.8, 4) is 0 Å². The van der Waals surface area contributed by atoms with Gasteiger partial charge in [0.15, 0.2) is 0 Å². The van der Waals surface area contributed by atoms with Gasteiger partial charge in [-0.3, -0.25) is 0 Å². The number of nitrogens with one attached hydrogen (secondary N) is 1. The van der Waals surface area contributed by atoms with Crippen LogP contribution in [0.4, 0.5) is 18.0 Å². The molecule has 1 aromatic carbocycles. The highest BCUT2D eigenvalue weighted by molar-refractivity contribution is 5.73. The summed E-state index contributed by atoms with van der Waals surface area (Å²) < 4.78 is 38.0. The van der Waals surface area contributed by atoms with Gasteiger partial charge < -0.3 is 10.2 Å².